The largest absolute Gasteiger partial charge is 0.458 e. The monoisotopic (exact) mass is 364 g/mol. The molecule has 0 atom stereocenters. The van der Waals surface area contributed by atoms with Crippen molar-refractivity contribution in [2.45, 2.75) is 19.4 Å². The molecular formula is C21H20N2O4. The molecule has 1 heterocycles. The first-order valence-corrected chi connectivity index (χ1v) is 8.67. The summed E-state index contributed by atoms with van der Waals surface area (Å²) in [7, 11) is 0. The Morgan fingerprint density at radius 3 is 2.52 bits per heavy atom. The summed E-state index contributed by atoms with van der Waals surface area (Å²) in [5, 5.41) is 0. The maximum absolute atomic E-state index is 11.9. The van der Waals surface area contributed by atoms with Crippen LogP contribution in [0, 0.1) is 0 Å². The molecule has 1 saturated heterocycles. The molecule has 0 aromatic heterocycles. The lowest BCUT2D eigenvalue weighted by Crippen LogP contribution is -2.23. The van der Waals surface area contributed by atoms with Gasteiger partial charge in [0.2, 0.25) is 11.8 Å². The zero-order valence-corrected chi connectivity index (χ0v) is 14.8. The molecule has 0 spiro atoms. The number of hydrogen-bond acceptors (Lipinski definition) is 4. The van der Waals surface area contributed by atoms with Gasteiger partial charge in [-0.15, -0.1) is 0 Å². The molecule has 3 rings (SSSR count). The van der Waals surface area contributed by atoms with E-state index >= 15 is 0 Å². The summed E-state index contributed by atoms with van der Waals surface area (Å²) in [5.41, 5.74) is 7.88. The number of carbonyl (C=O) groups is 3. The van der Waals surface area contributed by atoms with Gasteiger partial charge in [0, 0.05) is 35.9 Å². The second kappa shape index (κ2) is 8.31. The second-order valence-electron chi connectivity index (χ2n) is 6.20. The number of primary amides is 1. The van der Waals surface area contributed by atoms with Gasteiger partial charge in [0.15, 0.2) is 0 Å². The number of benzene rings is 2. The molecule has 0 bridgehead atoms. The summed E-state index contributed by atoms with van der Waals surface area (Å²) in [5.74, 6) is -0.944. The zero-order valence-electron chi connectivity index (χ0n) is 14.8. The van der Waals surface area contributed by atoms with Gasteiger partial charge in [-0.25, -0.2) is 4.79 Å². The van der Waals surface area contributed by atoms with Gasteiger partial charge in [-0.2, -0.15) is 0 Å². The maximum atomic E-state index is 11.9. The highest BCUT2D eigenvalue weighted by molar-refractivity contribution is 5.95. The molecule has 1 aliphatic heterocycles. The van der Waals surface area contributed by atoms with Crippen LogP contribution in [-0.2, 0) is 20.9 Å². The molecule has 1 aliphatic rings. The highest BCUT2D eigenvalue weighted by Crippen LogP contribution is 2.22. The van der Waals surface area contributed by atoms with Crippen LogP contribution in [0.4, 0.5) is 5.69 Å². The van der Waals surface area contributed by atoms with E-state index in [0.717, 1.165) is 24.2 Å². The van der Waals surface area contributed by atoms with Crippen LogP contribution >= 0.6 is 0 Å². The summed E-state index contributed by atoms with van der Waals surface area (Å²) < 4.78 is 5.17. The molecule has 27 heavy (non-hydrogen) atoms. The van der Waals surface area contributed by atoms with E-state index in [1.807, 2.05) is 24.3 Å². The Morgan fingerprint density at radius 1 is 1.11 bits per heavy atom. The van der Waals surface area contributed by atoms with E-state index in [2.05, 4.69) is 0 Å². The van der Waals surface area contributed by atoms with Crippen LogP contribution in [0.3, 0.4) is 0 Å². The normalized spacial score (nSPS) is 13.9. The number of nitrogens with two attached hydrogens (primary N) is 1. The molecule has 2 amide bonds. The van der Waals surface area contributed by atoms with Crippen molar-refractivity contribution in [1.29, 1.82) is 0 Å². The van der Waals surface area contributed by atoms with Crippen molar-refractivity contribution in [3.05, 3.63) is 71.3 Å². The number of rotatable bonds is 6. The molecule has 2 aromatic rings. The second-order valence-corrected chi connectivity index (χ2v) is 6.20. The fraction of sp³-hybridized carbons (Fsp3) is 0.190. The van der Waals surface area contributed by atoms with Crippen molar-refractivity contribution in [2.75, 3.05) is 11.4 Å². The number of ether oxygens (including phenoxy) is 1. The van der Waals surface area contributed by atoms with Gasteiger partial charge in [-0.3, -0.25) is 9.59 Å². The summed E-state index contributed by atoms with van der Waals surface area (Å²) in [6.07, 6.45) is 4.43. The quantitative estimate of drug-likeness (QED) is 0.630. The number of esters is 1. The third-order valence-electron chi connectivity index (χ3n) is 4.34. The van der Waals surface area contributed by atoms with Gasteiger partial charge >= 0.3 is 5.97 Å². The average Bonchev–Trinajstić information content (AvgIpc) is 3.11. The van der Waals surface area contributed by atoms with Crippen LogP contribution < -0.4 is 10.6 Å². The Kier molecular flexibility index (Phi) is 5.66. The number of anilines is 1. The molecule has 6 heteroatoms. The molecule has 0 unspecified atom stereocenters. The van der Waals surface area contributed by atoms with Gasteiger partial charge in [-0.05, 0) is 36.3 Å². The van der Waals surface area contributed by atoms with Gasteiger partial charge in [0.1, 0.15) is 6.61 Å². The fourth-order valence-electron chi connectivity index (χ4n) is 2.93. The predicted molar refractivity (Wildman–Crippen MR) is 102 cm³/mol. The van der Waals surface area contributed by atoms with E-state index in [-0.39, 0.29) is 12.5 Å². The van der Waals surface area contributed by atoms with E-state index in [1.165, 1.54) is 6.08 Å². The highest BCUT2D eigenvalue weighted by Gasteiger charge is 2.21. The van der Waals surface area contributed by atoms with Crippen molar-refractivity contribution in [3.63, 3.8) is 0 Å². The van der Waals surface area contributed by atoms with E-state index in [4.69, 9.17) is 10.5 Å². The lowest BCUT2D eigenvalue weighted by molar-refractivity contribution is -0.138. The third kappa shape index (κ3) is 4.61. The Balaban J connectivity index is 1.57. The Morgan fingerprint density at radius 2 is 1.85 bits per heavy atom. The summed E-state index contributed by atoms with van der Waals surface area (Å²) in [6.45, 7) is 0.714. The lowest BCUT2D eigenvalue weighted by Gasteiger charge is -2.15. The zero-order chi connectivity index (χ0) is 19.2. The van der Waals surface area contributed by atoms with Crippen molar-refractivity contribution in [2.24, 2.45) is 5.73 Å². The van der Waals surface area contributed by atoms with Crippen LogP contribution in [0.2, 0.25) is 0 Å². The van der Waals surface area contributed by atoms with E-state index in [0.29, 0.717) is 17.5 Å². The van der Waals surface area contributed by atoms with Crippen molar-refractivity contribution >= 4 is 29.5 Å². The minimum Gasteiger partial charge on any atom is -0.458 e. The summed E-state index contributed by atoms with van der Waals surface area (Å²) >= 11 is 0. The maximum Gasteiger partial charge on any atom is 0.331 e. The molecular weight excluding hydrogens is 344 g/mol. The first-order valence-electron chi connectivity index (χ1n) is 8.67. The summed E-state index contributed by atoms with van der Waals surface area (Å²) in [4.78, 5) is 36.8. The Labute approximate surface area is 157 Å². The molecule has 2 aromatic carbocycles. The van der Waals surface area contributed by atoms with Gasteiger partial charge in [-0.1, -0.05) is 30.3 Å². The van der Waals surface area contributed by atoms with E-state index < -0.39 is 11.9 Å². The van der Waals surface area contributed by atoms with Crippen LogP contribution in [0.1, 0.15) is 34.3 Å². The average molecular weight is 364 g/mol. The van der Waals surface area contributed by atoms with Crippen molar-refractivity contribution in [1.82, 2.24) is 0 Å². The molecule has 0 saturated carbocycles. The fourth-order valence-corrected chi connectivity index (χ4v) is 2.93. The van der Waals surface area contributed by atoms with Crippen molar-refractivity contribution < 1.29 is 19.1 Å². The van der Waals surface area contributed by atoms with Crippen molar-refractivity contribution in [3.8, 4) is 0 Å². The highest BCUT2D eigenvalue weighted by atomic mass is 16.5. The SMILES string of the molecule is NC(=O)c1ccccc1COC(=O)/C=C/c1ccc(N2CCCC2=O)cc1. The number of amides is 2. The van der Waals surface area contributed by atoms with Gasteiger partial charge < -0.3 is 15.4 Å². The van der Waals surface area contributed by atoms with Gasteiger partial charge in [0.05, 0.1) is 0 Å². The first-order chi connectivity index (χ1) is 13.0. The number of nitrogens with zero attached hydrogens (tertiary/aromatic N) is 1. The van der Waals surface area contributed by atoms with E-state index in [9.17, 15) is 14.4 Å². The van der Waals surface area contributed by atoms with Crippen LogP contribution in [0.15, 0.2) is 54.6 Å². The minimum atomic E-state index is -0.561. The molecule has 6 nitrogen and oxygen atoms in total. The third-order valence-corrected chi connectivity index (χ3v) is 4.34. The molecule has 0 aliphatic carbocycles. The van der Waals surface area contributed by atoms with Crippen LogP contribution in [-0.4, -0.2) is 24.3 Å². The predicted octanol–water partition coefficient (Wildman–Crippen LogP) is 2.67. The summed E-state index contributed by atoms with van der Waals surface area (Å²) in [6, 6.07) is 14.1. The molecule has 2 N–H and O–H groups in total. The number of hydrogen-bond donors (Lipinski definition) is 1. The molecule has 1 fully saturated rings. The lowest BCUT2D eigenvalue weighted by atomic mass is 10.1. The Bertz CT molecular complexity index is 887. The first kappa shape index (κ1) is 18.4. The van der Waals surface area contributed by atoms with Gasteiger partial charge in [0.25, 0.3) is 0 Å². The Hall–Kier alpha value is -3.41. The standard InChI is InChI=1S/C21H20N2O4/c22-21(26)18-5-2-1-4-16(18)14-27-20(25)12-9-15-7-10-17(11-8-15)23-13-3-6-19(23)24/h1-2,4-5,7-12H,3,6,13-14H2,(H2,22,26)/b12-9+. The topological polar surface area (TPSA) is 89.7 Å². The molecule has 138 valence electrons. The molecule has 0 radical (unpaired) electrons. The number of carbonyl (C=O) groups excluding carboxylic acids is 3. The van der Waals surface area contributed by atoms with Crippen LogP contribution in [0.25, 0.3) is 6.08 Å². The smallest absolute Gasteiger partial charge is 0.331 e. The van der Waals surface area contributed by atoms with E-state index in [1.54, 1.807) is 35.2 Å². The van der Waals surface area contributed by atoms with Crippen LogP contribution in [0.5, 0.6) is 0 Å². The minimum absolute atomic E-state index is 0.0295.